The lowest BCUT2D eigenvalue weighted by Gasteiger charge is -2.18. The van der Waals surface area contributed by atoms with Gasteiger partial charge in [-0.1, -0.05) is 65.8 Å². The summed E-state index contributed by atoms with van der Waals surface area (Å²) in [6.45, 7) is 12.6. The van der Waals surface area contributed by atoms with E-state index in [1.54, 1.807) is 0 Å². The Kier molecular flexibility index (Phi) is 4.37. The van der Waals surface area contributed by atoms with Crippen molar-refractivity contribution in [1.29, 1.82) is 0 Å². The molecule has 0 N–H and O–H groups in total. The van der Waals surface area contributed by atoms with Crippen molar-refractivity contribution in [2.45, 2.75) is 54.4 Å². The second kappa shape index (κ2) is 5.26. The summed E-state index contributed by atoms with van der Waals surface area (Å²) >= 11 is 0. The quantitative estimate of drug-likeness (QED) is 0.694. The van der Waals surface area contributed by atoms with Crippen LogP contribution in [0, 0.1) is 10.8 Å². The first-order chi connectivity index (χ1) is 8.09. The van der Waals surface area contributed by atoms with Gasteiger partial charge in [0.15, 0.2) is 5.78 Å². The molecular weight excluding hydrogens is 220 g/mol. The monoisotopic (exact) mass is 246 g/mol. The average Bonchev–Trinajstić information content (AvgIpc) is 2.24. The van der Waals surface area contributed by atoms with Crippen molar-refractivity contribution in [3.8, 4) is 0 Å². The second-order valence-corrected chi connectivity index (χ2v) is 7.34. The van der Waals surface area contributed by atoms with Crippen LogP contribution in [-0.2, 0) is 6.42 Å². The van der Waals surface area contributed by atoms with E-state index in [-0.39, 0.29) is 11.2 Å². The largest absolute Gasteiger partial charge is 0.294 e. The van der Waals surface area contributed by atoms with Crippen LogP contribution in [-0.4, -0.2) is 5.78 Å². The number of rotatable bonds is 3. The van der Waals surface area contributed by atoms with E-state index in [1.807, 2.05) is 32.9 Å². The maximum absolute atomic E-state index is 12.1. The first kappa shape index (κ1) is 14.9. The lowest BCUT2D eigenvalue weighted by Crippen LogP contribution is -2.20. The molecule has 0 aliphatic rings. The van der Waals surface area contributed by atoms with Crippen molar-refractivity contribution < 1.29 is 4.79 Å². The molecule has 0 spiro atoms. The predicted molar refractivity (Wildman–Crippen MR) is 78.0 cm³/mol. The minimum absolute atomic E-state index is 0.213. The van der Waals surface area contributed by atoms with Crippen LogP contribution in [0.1, 0.15) is 63.9 Å². The van der Waals surface area contributed by atoms with E-state index in [0.29, 0.717) is 5.41 Å². The maximum Gasteiger partial charge on any atom is 0.168 e. The zero-order chi connectivity index (χ0) is 14.0. The van der Waals surface area contributed by atoms with Gasteiger partial charge in [0, 0.05) is 11.0 Å². The molecule has 0 heterocycles. The van der Waals surface area contributed by atoms with Gasteiger partial charge in [-0.2, -0.15) is 0 Å². The Hall–Kier alpha value is -1.11. The number of hydrogen-bond acceptors (Lipinski definition) is 1. The van der Waals surface area contributed by atoms with Crippen LogP contribution in [0.3, 0.4) is 0 Å². The van der Waals surface area contributed by atoms with Crippen molar-refractivity contribution in [2.24, 2.45) is 10.8 Å². The molecule has 0 unspecified atom stereocenters. The van der Waals surface area contributed by atoms with E-state index in [1.165, 1.54) is 12.0 Å². The summed E-state index contributed by atoms with van der Waals surface area (Å²) in [5, 5.41) is 0. The highest BCUT2D eigenvalue weighted by Crippen LogP contribution is 2.23. The van der Waals surface area contributed by atoms with Crippen molar-refractivity contribution in [2.75, 3.05) is 0 Å². The predicted octanol–water partition coefficient (Wildman–Crippen LogP) is 4.89. The first-order valence-corrected chi connectivity index (χ1v) is 6.73. The number of Topliss-reactive ketones (excluding diaryl/α,β-unsaturated/α-hetero) is 1. The summed E-state index contributed by atoms with van der Waals surface area (Å²) in [5.41, 5.74) is 2.20. The van der Waals surface area contributed by atoms with Gasteiger partial charge in [-0.3, -0.25) is 4.79 Å². The molecule has 0 aliphatic heterocycles. The summed E-state index contributed by atoms with van der Waals surface area (Å²) < 4.78 is 0. The average molecular weight is 246 g/mol. The molecule has 1 rings (SSSR count). The highest BCUT2D eigenvalue weighted by molar-refractivity contribution is 5.99. The van der Waals surface area contributed by atoms with Crippen LogP contribution in [0.5, 0.6) is 0 Å². The van der Waals surface area contributed by atoms with Crippen LogP contribution in [0.15, 0.2) is 24.3 Å². The molecule has 0 atom stereocenters. The molecule has 100 valence electrons. The smallest absolute Gasteiger partial charge is 0.168 e. The molecule has 0 fully saturated rings. The van der Waals surface area contributed by atoms with Crippen LogP contribution in [0.4, 0.5) is 0 Å². The topological polar surface area (TPSA) is 17.1 Å². The van der Waals surface area contributed by atoms with E-state index >= 15 is 0 Å². The van der Waals surface area contributed by atoms with Gasteiger partial charge in [0.1, 0.15) is 0 Å². The summed E-state index contributed by atoms with van der Waals surface area (Å²) in [7, 11) is 0. The van der Waals surface area contributed by atoms with Crippen LogP contribution < -0.4 is 0 Å². The lowest BCUT2D eigenvalue weighted by atomic mass is 9.85. The second-order valence-electron chi connectivity index (χ2n) is 7.34. The highest BCUT2D eigenvalue weighted by atomic mass is 16.1. The molecule has 0 aliphatic carbocycles. The Balaban J connectivity index is 2.72. The maximum atomic E-state index is 12.1. The third kappa shape index (κ3) is 4.64. The number of hydrogen-bond donors (Lipinski definition) is 0. The zero-order valence-corrected chi connectivity index (χ0v) is 12.6. The number of carbonyl (C=O) groups excluding carboxylic acids is 1. The molecule has 0 bridgehead atoms. The fourth-order valence-electron chi connectivity index (χ4n) is 1.78. The summed E-state index contributed by atoms with van der Waals surface area (Å²) in [4.78, 5) is 12.1. The molecule has 0 aromatic heterocycles. The summed E-state index contributed by atoms with van der Waals surface area (Å²) in [6.07, 6.45) is 2.24. The molecule has 1 aromatic rings. The Labute approximate surface area is 112 Å². The van der Waals surface area contributed by atoms with Crippen molar-refractivity contribution >= 4 is 5.78 Å². The van der Waals surface area contributed by atoms with Gasteiger partial charge in [0.2, 0.25) is 0 Å². The van der Waals surface area contributed by atoms with Crippen molar-refractivity contribution in [1.82, 2.24) is 0 Å². The van der Waals surface area contributed by atoms with Crippen LogP contribution >= 0.6 is 0 Å². The molecule has 0 radical (unpaired) electrons. The van der Waals surface area contributed by atoms with Gasteiger partial charge in [0.25, 0.3) is 0 Å². The van der Waals surface area contributed by atoms with Crippen molar-refractivity contribution in [3.63, 3.8) is 0 Å². The normalized spacial score (nSPS) is 12.6. The van der Waals surface area contributed by atoms with E-state index in [0.717, 1.165) is 12.0 Å². The minimum atomic E-state index is -0.299. The zero-order valence-electron chi connectivity index (χ0n) is 12.6. The lowest BCUT2D eigenvalue weighted by molar-refractivity contribution is 0.0858. The van der Waals surface area contributed by atoms with Gasteiger partial charge < -0.3 is 0 Å². The Morgan fingerprint density at radius 1 is 0.944 bits per heavy atom. The van der Waals surface area contributed by atoms with E-state index in [4.69, 9.17) is 0 Å². The fraction of sp³-hybridized carbons (Fsp3) is 0.588. The van der Waals surface area contributed by atoms with Gasteiger partial charge >= 0.3 is 0 Å². The number of aryl methyl sites for hydroxylation is 1. The van der Waals surface area contributed by atoms with Gasteiger partial charge in [0.05, 0.1) is 0 Å². The number of benzene rings is 1. The minimum Gasteiger partial charge on any atom is -0.294 e. The number of ketones is 1. The van der Waals surface area contributed by atoms with Gasteiger partial charge in [-0.05, 0) is 23.8 Å². The first-order valence-electron chi connectivity index (χ1n) is 6.73. The SMILES string of the molecule is CC(C)(C)CCc1ccc(C(=O)C(C)(C)C)cc1. The fourth-order valence-corrected chi connectivity index (χ4v) is 1.78. The number of carbonyl (C=O) groups is 1. The van der Waals surface area contributed by atoms with Crippen LogP contribution in [0.25, 0.3) is 0 Å². The Morgan fingerprint density at radius 3 is 1.83 bits per heavy atom. The standard InChI is InChI=1S/C17H26O/c1-16(2,3)12-11-13-7-9-14(10-8-13)15(18)17(4,5)6/h7-10H,11-12H2,1-6H3. The van der Waals surface area contributed by atoms with Gasteiger partial charge in [-0.15, -0.1) is 0 Å². The molecule has 0 amide bonds. The van der Waals surface area contributed by atoms with Gasteiger partial charge in [-0.25, -0.2) is 0 Å². The third-order valence-corrected chi connectivity index (χ3v) is 3.06. The Morgan fingerprint density at radius 2 is 1.44 bits per heavy atom. The highest BCUT2D eigenvalue weighted by Gasteiger charge is 2.22. The Bertz CT molecular complexity index is 399. The molecule has 1 heteroatoms. The van der Waals surface area contributed by atoms with Crippen molar-refractivity contribution in [3.05, 3.63) is 35.4 Å². The molecule has 1 aromatic carbocycles. The summed E-state index contributed by atoms with van der Waals surface area (Å²) in [5.74, 6) is 0.213. The van der Waals surface area contributed by atoms with E-state index < -0.39 is 0 Å². The molecular formula is C17H26O. The molecule has 18 heavy (non-hydrogen) atoms. The third-order valence-electron chi connectivity index (χ3n) is 3.06. The molecule has 1 nitrogen and oxygen atoms in total. The van der Waals surface area contributed by atoms with Crippen LogP contribution in [0.2, 0.25) is 0 Å². The summed E-state index contributed by atoms with van der Waals surface area (Å²) in [6, 6.07) is 8.10. The van der Waals surface area contributed by atoms with E-state index in [9.17, 15) is 4.79 Å². The molecule has 0 saturated heterocycles. The molecule has 0 saturated carbocycles. The van der Waals surface area contributed by atoms with E-state index in [2.05, 4.69) is 32.9 Å².